The van der Waals surface area contributed by atoms with Crippen LogP contribution in [0.4, 0.5) is 11.5 Å². The molecule has 0 spiro atoms. The molecule has 2 aliphatic rings. The number of anilines is 2. The zero-order valence-corrected chi connectivity index (χ0v) is 22.4. The van der Waals surface area contributed by atoms with E-state index in [1.165, 1.54) is 16.8 Å². The van der Waals surface area contributed by atoms with Gasteiger partial charge in [-0.3, -0.25) is 9.47 Å². The Morgan fingerprint density at radius 2 is 1.74 bits per heavy atom. The van der Waals surface area contributed by atoms with Crippen molar-refractivity contribution in [2.45, 2.75) is 27.2 Å². The van der Waals surface area contributed by atoms with Crippen LogP contribution in [-0.2, 0) is 0 Å². The number of nitrogens with one attached hydrogen (secondary N) is 1. The molecule has 9 nitrogen and oxygen atoms in total. The van der Waals surface area contributed by atoms with E-state index in [9.17, 15) is 0 Å². The first-order chi connectivity index (χ1) is 18.6. The molecule has 198 valence electrons. The van der Waals surface area contributed by atoms with Crippen molar-refractivity contribution < 1.29 is 9.47 Å². The number of aryl methyl sites for hydroxylation is 2. The average molecular weight is 514 g/mol. The van der Waals surface area contributed by atoms with Crippen LogP contribution in [0, 0.1) is 20.8 Å². The lowest BCUT2D eigenvalue weighted by molar-refractivity contribution is 0.171. The largest absolute Gasteiger partial charge is 0.486 e. The van der Waals surface area contributed by atoms with Gasteiger partial charge in [-0.15, -0.1) is 0 Å². The molecule has 1 N–H and O–H groups in total. The molecular weight excluding hydrogens is 478 g/mol. The molecule has 2 aliphatic heterocycles. The lowest BCUT2D eigenvalue weighted by Gasteiger charge is -2.37. The van der Waals surface area contributed by atoms with Crippen LogP contribution >= 0.6 is 0 Å². The maximum atomic E-state index is 5.78. The first-order valence-corrected chi connectivity index (χ1v) is 13.5. The molecule has 4 aromatic rings. The Bertz CT molecular complexity index is 1440. The van der Waals surface area contributed by atoms with Crippen molar-refractivity contribution in [1.82, 2.24) is 24.4 Å². The van der Waals surface area contributed by atoms with Gasteiger partial charge in [-0.25, -0.2) is 15.0 Å². The third kappa shape index (κ3) is 4.74. The first kappa shape index (κ1) is 24.5. The van der Waals surface area contributed by atoms with Crippen LogP contribution in [0.5, 0.6) is 11.5 Å². The zero-order chi connectivity index (χ0) is 26.1. The second-order valence-corrected chi connectivity index (χ2v) is 10.0. The fourth-order valence-electron chi connectivity index (χ4n) is 5.41. The predicted molar refractivity (Wildman–Crippen MR) is 150 cm³/mol. The molecule has 1 saturated heterocycles. The van der Waals surface area contributed by atoms with Crippen molar-refractivity contribution in [1.29, 1.82) is 0 Å². The number of hydrogen-bond donors (Lipinski definition) is 1. The maximum Gasteiger partial charge on any atom is 0.170 e. The minimum Gasteiger partial charge on any atom is -0.486 e. The summed E-state index contributed by atoms with van der Waals surface area (Å²) in [7, 11) is 0. The van der Waals surface area contributed by atoms with Crippen molar-refractivity contribution in [2.75, 3.05) is 62.7 Å². The summed E-state index contributed by atoms with van der Waals surface area (Å²) in [4.78, 5) is 19.0. The highest BCUT2D eigenvalue weighted by Gasteiger charge is 2.20. The third-order valence-corrected chi connectivity index (χ3v) is 7.63. The van der Waals surface area contributed by atoms with Crippen LogP contribution in [0.2, 0.25) is 0 Å². The topological polar surface area (TPSA) is 80.6 Å². The van der Waals surface area contributed by atoms with Crippen molar-refractivity contribution >= 4 is 22.7 Å². The number of nitrogens with zero attached hydrogens (tertiary/aromatic N) is 6. The maximum absolute atomic E-state index is 5.78. The SMILES string of the molecule is Cc1cccc(N2CCN(CCCNc3ncnc4c3nc(C)n4-c3ccc4c(c3)OCCO4)CC2)c1C. The van der Waals surface area contributed by atoms with Crippen LogP contribution < -0.4 is 19.7 Å². The zero-order valence-electron chi connectivity index (χ0n) is 22.4. The van der Waals surface area contributed by atoms with Gasteiger partial charge in [0.25, 0.3) is 0 Å². The van der Waals surface area contributed by atoms with E-state index in [0.717, 1.165) is 85.7 Å². The van der Waals surface area contributed by atoms with Crippen molar-refractivity contribution in [3.8, 4) is 17.2 Å². The molecule has 0 bridgehead atoms. The fourth-order valence-corrected chi connectivity index (χ4v) is 5.41. The average Bonchev–Trinajstić information content (AvgIpc) is 3.29. The highest BCUT2D eigenvalue weighted by Crippen LogP contribution is 2.34. The van der Waals surface area contributed by atoms with Gasteiger partial charge in [-0.1, -0.05) is 12.1 Å². The molecule has 0 aliphatic carbocycles. The van der Waals surface area contributed by atoms with E-state index in [1.54, 1.807) is 6.33 Å². The Kier molecular flexibility index (Phi) is 6.76. The lowest BCUT2D eigenvalue weighted by Crippen LogP contribution is -2.47. The Hall–Kier alpha value is -3.85. The number of benzene rings is 2. The van der Waals surface area contributed by atoms with Gasteiger partial charge in [0, 0.05) is 44.5 Å². The molecule has 38 heavy (non-hydrogen) atoms. The van der Waals surface area contributed by atoms with E-state index in [2.05, 4.69) is 57.1 Å². The minimum atomic E-state index is 0.554. The Balaban J connectivity index is 1.07. The monoisotopic (exact) mass is 513 g/mol. The highest BCUT2D eigenvalue weighted by molar-refractivity contribution is 5.84. The number of rotatable bonds is 7. The van der Waals surface area contributed by atoms with Gasteiger partial charge in [-0.05, 0) is 63.1 Å². The number of fused-ring (bicyclic) bond motifs is 2. The molecule has 0 saturated carbocycles. The van der Waals surface area contributed by atoms with E-state index in [-0.39, 0.29) is 0 Å². The number of piperazine rings is 1. The molecule has 2 aromatic heterocycles. The highest BCUT2D eigenvalue weighted by atomic mass is 16.6. The van der Waals surface area contributed by atoms with Gasteiger partial charge < -0.3 is 19.7 Å². The second-order valence-electron chi connectivity index (χ2n) is 10.0. The molecule has 2 aromatic carbocycles. The lowest BCUT2D eigenvalue weighted by atomic mass is 10.1. The van der Waals surface area contributed by atoms with Crippen LogP contribution in [-0.4, -0.2) is 76.9 Å². The molecule has 0 amide bonds. The quantitative estimate of drug-likeness (QED) is 0.370. The predicted octanol–water partition coefficient (Wildman–Crippen LogP) is 4.14. The normalized spacial score (nSPS) is 15.7. The van der Waals surface area contributed by atoms with Crippen LogP contribution in [0.3, 0.4) is 0 Å². The smallest absolute Gasteiger partial charge is 0.170 e. The fraction of sp³-hybridized carbons (Fsp3) is 0.414. The third-order valence-electron chi connectivity index (χ3n) is 7.63. The summed E-state index contributed by atoms with van der Waals surface area (Å²) in [6.45, 7) is 13.7. The first-order valence-electron chi connectivity index (χ1n) is 13.5. The van der Waals surface area contributed by atoms with Crippen LogP contribution in [0.15, 0.2) is 42.7 Å². The summed E-state index contributed by atoms with van der Waals surface area (Å²) in [5.74, 6) is 3.14. The summed E-state index contributed by atoms with van der Waals surface area (Å²) in [6.07, 6.45) is 2.64. The van der Waals surface area contributed by atoms with Gasteiger partial charge in [0.1, 0.15) is 25.4 Å². The summed E-state index contributed by atoms with van der Waals surface area (Å²) < 4.78 is 13.5. The van der Waals surface area contributed by atoms with Gasteiger partial charge in [0.05, 0.1) is 5.69 Å². The molecule has 1 fully saturated rings. The number of hydrogen-bond acceptors (Lipinski definition) is 8. The Morgan fingerprint density at radius 3 is 2.58 bits per heavy atom. The molecule has 9 heteroatoms. The number of imidazole rings is 1. The summed E-state index contributed by atoms with van der Waals surface area (Å²) in [5.41, 5.74) is 6.64. The molecule has 0 atom stereocenters. The number of aromatic nitrogens is 4. The molecule has 6 rings (SSSR count). The van der Waals surface area contributed by atoms with Gasteiger partial charge in [0.15, 0.2) is 28.5 Å². The van der Waals surface area contributed by atoms with Crippen LogP contribution in [0.25, 0.3) is 16.9 Å². The van der Waals surface area contributed by atoms with Crippen molar-refractivity contribution in [3.05, 3.63) is 59.7 Å². The Morgan fingerprint density at radius 1 is 0.921 bits per heavy atom. The summed E-state index contributed by atoms with van der Waals surface area (Å²) in [6, 6.07) is 12.5. The molecule has 4 heterocycles. The summed E-state index contributed by atoms with van der Waals surface area (Å²) >= 11 is 0. The van der Waals surface area contributed by atoms with Crippen molar-refractivity contribution in [2.24, 2.45) is 0 Å². The molecule has 0 unspecified atom stereocenters. The van der Waals surface area contributed by atoms with E-state index in [0.29, 0.717) is 13.2 Å². The van der Waals surface area contributed by atoms with E-state index in [1.807, 2.05) is 29.7 Å². The van der Waals surface area contributed by atoms with Gasteiger partial charge in [-0.2, -0.15) is 0 Å². The van der Waals surface area contributed by atoms with Gasteiger partial charge >= 0.3 is 0 Å². The Labute approximate surface area is 223 Å². The van der Waals surface area contributed by atoms with Crippen LogP contribution in [0.1, 0.15) is 23.4 Å². The molecule has 0 radical (unpaired) electrons. The van der Waals surface area contributed by atoms with Crippen molar-refractivity contribution in [3.63, 3.8) is 0 Å². The van der Waals surface area contributed by atoms with E-state index in [4.69, 9.17) is 14.5 Å². The van der Waals surface area contributed by atoms with E-state index < -0.39 is 0 Å². The van der Waals surface area contributed by atoms with Gasteiger partial charge in [0.2, 0.25) is 0 Å². The van der Waals surface area contributed by atoms with E-state index >= 15 is 0 Å². The second kappa shape index (κ2) is 10.5. The molecular formula is C29H35N7O2. The summed E-state index contributed by atoms with van der Waals surface area (Å²) in [5, 5.41) is 3.51. The minimum absolute atomic E-state index is 0.554. The standard InChI is InChI=1S/C29H35N7O2/c1-20-6-4-7-24(21(20)2)35-14-12-34(13-15-35)11-5-10-30-28-27-29(32-19-31-28)36(22(3)33-27)23-8-9-25-26(18-23)38-17-16-37-25/h4,6-9,18-19H,5,10-17H2,1-3H3,(H,30,31,32). The number of ether oxygens (including phenoxy) is 2.